The monoisotopic (exact) mass is 366 g/mol. The minimum Gasteiger partial charge on any atom is -0.494 e. The number of hydrogen-bond donors (Lipinski definition) is 1. The van der Waals surface area contributed by atoms with Gasteiger partial charge in [-0.15, -0.1) is 5.10 Å². The Labute approximate surface area is 153 Å². The molecule has 136 valence electrons. The van der Waals surface area contributed by atoms with E-state index >= 15 is 0 Å². The molecule has 0 spiro atoms. The number of ether oxygens (including phenoxy) is 1. The second-order valence-corrected chi connectivity index (χ2v) is 5.84. The Kier molecular flexibility index (Phi) is 4.03. The number of methoxy groups -OCH3 is 1. The van der Waals surface area contributed by atoms with Crippen LogP contribution in [0, 0.1) is 12.7 Å². The van der Waals surface area contributed by atoms with Crippen molar-refractivity contribution in [3.8, 4) is 34.4 Å². The van der Waals surface area contributed by atoms with Crippen molar-refractivity contribution in [2.75, 3.05) is 12.8 Å². The van der Waals surface area contributed by atoms with E-state index in [1.54, 1.807) is 19.2 Å². The van der Waals surface area contributed by atoms with Gasteiger partial charge in [0.2, 0.25) is 5.82 Å². The lowest BCUT2D eigenvalue weighted by Crippen LogP contribution is -2.04. The lowest BCUT2D eigenvalue weighted by atomic mass is 10.2. The maximum Gasteiger partial charge on any atom is 0.282 e. The summed E-state index contributed by atoms with van der Waals surface area (Å²) in [4.78, 5) is 4.28. The van der Waals surface area contributed by atoms with Crippen LogP contribution in [0.15, 0.2) is 47.0 Å². The highest BCUT2D eigenvalue weighted by atomic mass is 19.1. The molecule has 2 aromatic heterocycles. The molecular weight excluding hydrogens is 351 g/mol. The predicted molar refractivity (Wildman–Crippen MR) is 95.7 cm³/mol. The van der Waals surface area contributed by atoms with Gasteiger partial charge in [-0.3, -0.25) is 0 Å². The Bertz CT molecular complexity index is 1100. The Hall–Kier alpha value is -3.75. The van der Waals surface area contributed by atoms with Crippen molar-refractivity contribution in [2.45, 2.75) is 6.92 Å². The molecule has 0 saturated heterocycles. The molecule has 9 heteroatoms. The highest BCUT2D eigenvalue weighted by Crippen LogP contribution is 2.30. The quantitative estimate of drug-likeness (QED) is 0.592. The molecular formula is C18H15FN6O2. The van der Waals surface area contributed by atoms with E-state index in [9.17, 15) is 4.39 Å². The van der Waals surface area contributed by atoms with Gasteiger partial charge in [0.15, 0.2) is 11.5 Å². The van der Waals surface area contributed by atoms with Crippen LogP contribution < -0.4 is 10.5 Å². The van der Waals surface area contributed by atoms with Crippen molar-refractivity contribution >= 4 is 5.82 Å². The molecule has 0 unspecified atom stereocenters. The summed E-state index contributed by atoms with van der Waals surface area (Å²) in [6, 6.07) is 11.4. The zero-order chi connectivity index (χ0) is 19.0. The van der Waals surface area contributed by atoms with E-state index in [1.165, 1.54) is 16.8 Å². The van der Waals surface area contributed by atoms with Crippen LogP contribution >= 0.6 is 0 Å². The largest absolute Gasteiger partial charge is 0.494 e. The number of nitrogen functional groups attached to an aromatic ring is 1. The van der Waals surface area contributed by atoms with Crippen LogP contribution in [-0.2, 0) is 0 Å². The lowest BCUT2D eigenvalue weighted by Gasteiger charge is -2.09. The van der Waals surface area contributed by atoms with Crippen LogP contribution in [0.4, 0.5) is 10.2 Å². The number of rotatable bonds is 4. The molecule has 4 rings (SSSR count). The molecule has 4 aromatic rings. The average Bonchev–Trinajstić information content (AvgIpc) is 3.29. The van der Waals surface area contributed by atoms with Crippen LogP contribution in [-0.4, -0.2) is 32.2 Å². The van der Waals surface area contributed by atoms with Gasteiger partial charge in [0.1, 0.15) is 17.3 Å². The normalized spacial score (nSPS) is 10.9. The number of benzene rings is 2. The van der Waals surface area contributed by atoms with Gasteiger partial charge >= 0.3 is 0 Å². The van der Waals surface area contributed by atoms with Gasteiger partial charge in [0.25, 0.3) is 5.89 Å². The molecule has 0 saturated carbocycles. The minimum atomic E-state index is -0.346. The molecule has 0 aliphatic heterocycles. The van der Waals surface area contributed by atoms with E-state index in [-0.39, 0.29) is 23.2 Å². The van der Waals surface area contributed by atoms with Crippen molar-refractivity contribution in [2.24, 2.45) is 0 Å². The third-order valence-electron chi connectivity index (χ3n) is 4.00. The van der Waals surface area contributed by atoms with E-state index < -0.39 is 0 Å². The van der Waals surface area contributed by atoms with Crippen LogP contribution in [0.1, 0.15) is 5.56 Å². The molecule has 8 nitrogen and oxygen atoms in total. The van der Waals surface area contributed by atoms with Gasteiger partial charge in [-0.25, -0.2) is 4.39 Å². The Balaban J connectivity index is 1.73. The van der Waals surface area contributed by atoms with E-state index in [2.05, 4.69) is 20.5 Å². The third kappa shape index (κ3) is 2.99. The van der Waals surface area contributed by atoms with Gasteiger partial charge in [0, 0.05) is 5.56 Å². The molecule has 0 aliphatic carbocycles. The molecule has 2 heterocycles. The Morgan fingerprint density at radius 2 is 1.93 bits per heavy atom. The van der Waals surface area contributed by atoms with Crippen molar-refractivity contribution < 1.29 is 13.7 Å². The van der Waals surface area contributed by atoms with Crippen LogP contribution in [0.5, 0.6) is 5.75 Å². The van der Waals surface area contributed by atoms with Crippen molar-refractivity contribution in [3.05, 3.63) is 53.8 Å². The highest BCUT2D eigenvalue weighted by molar-refractivity contribution is 5.67. The lowest BCUT2D eigenvalue weighted by molar-refractivity contribution is 0.411. The van der Waals surface area contributed by atoms with Crippen LogP contribution in [0.2, 0.25) is 0 Å². The summed E-state index contributed by atoms with van der Waals surface area (Å²) in [5.74, 6) is 0.896. The highest BCUT2D eigenvalue weighted by Gasteiger charge is 2.21. The summed E-state index contributed by atoms with van der Waals surface area (Å²) in [6.07, 6.45) is 0. The molecule has 0 atom stereocenters. The molecule has 2 aromatic carbocycles. The van der Waals surface area contributed by atoms with Gasteiger partial charge in [-0.05, 0) is 48.9 Å². The fourth-order valence-electron chi connectivity index (χ4n) is 2.62. The summed E-state index contributed by atoms with van der Waals surface area (Å²) >= 11 is 0. The number of nitrogens with zero attached hydrogens (tertiary/aromatic N) is 5. The van der Waals surface area contributed by atoms with E-state index in [0.29, 0.717) is 22.8 Å². The maximum atomic E-state index is 13.1. The minimum absolute atomic E-state index is 0.115. The summed E-state index contributed by atoms with van der Waals surface area (Å²) in [7, 11) is 1.56. The zero-order valence-corrected chi connectivity index (χ0v) is 14.5. The van der Waals surface area contributed by atoms with Gasteiger partial charge in [0.05, 0.1) is 7.11 Å². The molecule has 0 bridgehead atoms. The maximum absolute atomic E-state index is 13.1. The van der Waals surface area contributed by atoms with E-state index in [1.807, 2.05) is 25.1 Å². The Morgan fingerprint density at radius 3 is 2.67 bits per heavy atom. The first-order valence-corrected chi connectivity index (χ1v) is 8.03. The standard InChI is InChI=1S/C18H15FN6O2/c1-10-3-8-14(26-2)13(9-10)25-16(20)15(22-24-25)18-21-17(23-27-18)11-4-6-12(19)7-5-11/h3-9H,20H2,1-2H3. The van der Waals surface area contributed by atoms with Gasteiger partial charge in [-0.2, -0.15) is 9.67 Å². The first kappa shape index (κ1) is 16.7. The first-order chi connectivity index (χ1) is 13.1. The second-order valence-electron chi connectivity index (χ2n) is 5.84. The smallest absolute Gasteiger partial charge is 0.282 e. The number of hydrogen-bond acceptors (Lipinski definition) is 7. The topological polar surface area (TPSA) is 105 Å². The molecule has 2 N–H and O–H groups in total. The third-order valence-corrected chi connectivity index (χ3v) is 4.00. The summed E-state index contributed by atoms with van der Waals surface area (Å²) < 4.78 is 25.1. The fourth-order valence-corrected chi connectivity index (χ4v) is 2.62. The first-order valence-electron chi connectivity index (χ1n) is 8.03. The summed E-state index contributed by atoms with van der Waals surface area (Å²) in [6.45, 7) is 1.95. The number of aryl methyl sites for hydroxylation is 1. The molecule has 0 aliphatic rings. The SMILES string of the molecule is COc1ccc(C)cc1-n1nnc(-c2nc(-c3ccc(F)cc3)no2)c1N. The van der Waals surface area contributed by atoms with Crippen LogP contribution in [0.3, 0.4) is 0 Å². The van der Waals surface area contributed by atoms with Crippen LogP contribution in [0.25, 0.3) is 28.7 Å². The zero-order valence-electron chi connectivity index (χ0n) is 14.5. The van der Waals surface area contributed by atoms with E-state index in [0.717, 1.165) is 5.56 Å². The predicted octanol–water partition coefficient (Wildman–Crippen LogP) is 3.02. The number of aromatic nitrogens is 5. The number of halogens is 1. The van der Waals surface area contributed by atoms with Crippen molar-refractivity contribution in [1.82, 2.24) is 25.1 Å². The fraction of sp³-hybridized carbons (Fsp3) is 0.111. The molecule has 0 amide bonds. The average molecular weight is 366 g/mol. The summed E-state index contributed by atoms with van der Waals surface area (Å²) in [5, 5.41) is 12.1. The molecule has 0 radical (unpaired) electrons. The summed E-state index contributed by atoms with van der Waals surface area (Å²) in [5.41, 5.74) is 8.73. The molecule has 27 heavy (non-hydrogen) atoms. The van der Waals surface area contributed by atoms with Gasteiger partial charge in [-0.1, -0.05) is 16.4 Å². The molecule has 0 fully saturated rings. The Morgan fingerprint density at radius 1 is 1.15 bits per heavy atom. The number of anilines is 1. The van der Waals surface area contributed by atoms with Crippen molar-refractivity contribution in [1.29, 1.82) is 0 Å². The second kappa shape index (κ2) is 6.52. The van der Waals surface area contributed by atoms with Crippen molar-refractivity contribution in [3.63, 3.8) is 0 Å². The van der Waals surface area contributed by atoms with E-state index in [4.69, 9.17) is 15.0 Å². The van der Waals surface area contributed by atoms with Gasteiger partial charge < -0.3 is 15.0 Å². The number of nitrogens with two attached hydrogens (primary N) is 1.